The molecule has 4 aromatic rings. The molecule has 2 aromatic carbocycles. The minimum Gasteiger partial charge on any atom is -0.311 e. The van der Waals surface area contributed by atoms with Crippen molar-refractivity contribution in [2.24, 2.45) is 5.92 Å². The van der Waals surface area contributed by atoms with Crippen molar-refractivity contribution in [1.29, 1.82) is 0 Å². The molecule has 0 saturated carbocycles. The Kier molecular flexibility index (Phi) is 4.36. The van der Waals surface area contributed by atoms with Gasteiger partial charge < -0.3 is 4.57 Å². The van der Waals surface area contributed by atoms with E-state index in [9.17, 15) is 4.79 Å². The standard InChI is InChI=1S/C26H24N2OS/c29-26-24(21-8-7-19-4-1-2-5-20(19)13-21)9-10-25-22-12-18(15-28(25)26)14-27(16-22)17-23-6-3-11-30-23/h1-11,13,18,22H,12,14-17H2/t18-,22+/m0/s1. The van der Waals surface area contributed by atoms with Gasteiger partial charge in [-0.1, -0.05) is 42.5 Å². The van der Waals surface area contributed by atoms with Gasteiger partial charge in [-0.05, 0) is 58.3 Å². The fourth-order valence-corrected chi connectivity index (χ4v) is 6.12. The molecule has 0 amide bonds. The number of benzene rings is 2. The highest BCUT2D eigenvalue weighted by Crippen LogP contribution is 2.36. The summed E-state index contributed by atoms with van der Waals surface area (Å²) in [4.78, 5) is 17.5. The average Bonchev–Trinajstić information content (AvgIpc) is 3.27. The quantitative estimate of drug-likeness (QED) is 0.453. The summed E-state index contributed by atoms with van der Waals surface area (Å²) >= 11 is 1.84. The van der Waals surface area contributed by atoms with Crippen molar-refractivity contribution in [3.8, 4) is 11.1 Å². The molecular weight excluding hydrogens is 388 g/mol. The van der Waals surface area contributed by atoms with E-state index >= 15 is 0 Å². The number of likely N-dealkylation sites (tertiary alicyclic amines) is 1. The lowest BCUT2D eigenvalue weighted by molar-refractivity contribution is 0.115. The summed E-state index contributed by atoms with van der Waals surface area (Å²) in [5, 5.41) is 4.54. The normalized spacial score (nSPS) is 20.9. The van der Waals surface area contributed by atoms with Crippen LogP contribution in [0.3, 0.4) is 0 Å². The van der Waals surface area contributed by atoms with Crippen LogP contribution in [0.4, 0.5) is 0 Å². The molecule has 2 bridgehead atoms. The Morgan fingerprint density at radius 3 is 2.67 bits per heavy atom. The summed E-state index contributed by atoms with van der Waals surface area (Å²) < 4.78 is 2.08. The Morgan fingerprint density at radius 2 is 1.80 bits per heavy atom. The third-order valence-electron chi connectivity index (χ3n) is 6.70. The molecule has 3 nitrogen and oxygen atoms in total. The van der Waals surface area contributed by atoms with Crippen LogP contribution >= 0.6 is 11.3 Å². The second-order valence-electron chi connectivity index (χ2n) is 8.72. The molecule has 0 aliphatic carbocycles. The van der Waals surface area contributed by atoms with E-state index in [0.29, 0.717) is 11.8 Å². The predicted octanol–water partition coefficient (Wildman–Crippen LogP) is 5.35. The van der Waals surface area contributed by atoms with Crippen molar-refractivity contribution < 1.29 is 0 Å². The molecule has 0 unspecified atom stereocenters. The SMILES string of the molecule is O=c1c(-c2ccc3ccccc3c2)ccc2n1C[C@H]1C[C@@H]2CN(Cc2cccs2)C1. The summed E-state index contributed by atoms with van der Waals surface area (Å²) in [5.74, 6) is 1.01. The molecule has 0 spiro atoms. The zero-order chi connectivity index (χ0) is 20.1. The third kappa shape index (κ3) is 3.11. The molecule has 2 aromatic heterocycles. The summed E-state index contributed by atoms with van der Waals surface area (Å²) in [6.07, 6.45) is 1.20. The monoisotopic (exact) mass is 412 g/mol. The van der Waals surface area contributed by atoms with E-state index in [1.54, 1.807) is 0 Å². The number of nitrogens with zero attached hydrogens (tertiary/aromatic N) is 2. The predicted molar refractivity (Wildman–Crippen MR) is 124 cm³/mol. The lowest BCUT2D eigenvalue weighted by Crippen LogP contribution is -2.46. The van der Waals surface area contributed by atoms with Crippen molar-refractivity contribution in [3.05, 3.63) is 93.0 Å². The largest absolute Gasteiger partial charge is 0.311 e. The van der Waals surface area contributed by atoms with Gasteiger partial charge in [-0.15, -0.1) is 11.3 Å². The molecule has 2 aliphatic heterocycles. The minimum atomic E-state index is 0.171. The number of fused-ring (bicyclic) bond motifs is 5. The van der Waals surface area contributed by atoms with Gasteiger partial charge in [0.2, 0.25) is 0 Å². The van der Waals surface area contributed by atoms with Gasteiger partial charge in [0.25, 0.3) is 5.56 Å². The van der Waals surface area contributed by atoms with Gasteiger partial charge in [-0.2, -0.15) is 0 Å². The highest BCUT2D eigenvalue weighted by atomic mass is 32.1. The minimum absolute atomic E-state index is 0.171. The molecule has 30 heavy (non-hydrogen) atoms. The van der Waals surface area contributed by atoms with Crippen LogP contribution in [0.2, 0.25) is 0 Å². The fraction of sp³-hybridized carbons (Fsp3) is 0.269. The van der Waals surface area contributed by atoms with E-state index in [2.05, 4.69) is 81.6 Å². The van der Waals surface area contributed by atoms with Crippen molar-refractivity contribution in [2.75, 3.05) is 13.1 Å². The van der Waals surface area contributed by atoms with Gasteiger partial charge in [0, 0.05) is 48.2 Å². The number of thiophene rings is 1. The van der Waals surface area contributed by atoms with E-state index in [1.165, 1.54) is 27.8 Å². The van der Waals surface area contributed by atoms with E-state index in [0.717, 1.165) is 37.3 Å². The second kappa shape index (κ2) is 7.22. The van der Waals surface area contributed by atoms with Crippen LogP contribution in [-0.4, -0.2) is 22.6 Å². The number of piperidine rings is 1. The summed E-state index contributed by atoms with van der Waals surface area (Å²) in [6, 6.07) is 23.3. The first kappa shape index (κ1) is 18.1. The van der Waals surface area contributed by atoms with Crippen LogP contribution in [0.25, 0.3) is 21.9 Å². The molecule has 0 N–H and O–H groups in total. The van der Waals surface area contributed by atoms with Gasteiger partial charge in [-0.3, -0.25) is 9.69 Å². The summed E-state index contributed by atoms with van der Waals surface area (Å²) in [7, 11) is 0. The Balaban J connectivity index is 1.34. The highest BCUT2D eigenvalue weighted by Gasteiger charge is 2.35. The zero-order valence-electron chi connectivity index (χ0n) is 16.8. The number of pyridine rings is 1. The Hall–Kier alpha value is -2.69. The van der Waals surface area contributed by atoms with Gasteiger partial charge in [0.15, 0.2) is 0 Å². The number of rotatable bonds is 3. The molecular formula is C26H24N2OS. The van der Waals surface area contributed by atoms with Gasteiger partial charge in [0.1, 0.15) is 0 Å². The first-order chi connectivity index (χ1) is 14.7. The molecule has 1 saturated heterocycles. The lowest BCUT2D eigenvalue weighted by atomic mass is 9.82. The van der Waals surface area contributed by atoms with Gasteiger partial charge in [-0.25, -0.2) is 0 Å². The van der Waals surface area contributed by atoms with Crippen molar-refractivity contribution in [2.45, 2.75) is 25.4 Å². The number of hydrogen-bond acceptors (Lipinski definition) is 3. The van der Waals surface area contributed by atoms with Crippen LogP contribution in [0, 0.1) is 5.92 Å². The maximum absolute atomic E-state index is 13.5. The van der Waals surface area contributed by atoms with Gasteiger partial charge >= 0.3 is 0 Å². The smallest absolute Gasteiger partial charge is 0.258 e. The van der Waals surface area contributed by atoms with Crippen molar-refractivity contribution >= 4 is 22.1 Å². The Bertz CT molecular complexity index is 1270. The fourth-order valence-electron chi connectivity index (χ4n) is 5.37. The van der Waals surface area contributed by atoms with Crippen molar-refractivity contribution in [3.63, 3.8) is 0 Å². The van der Waals surface area contributed by atoms with Gasteiger partial charge in [0.05, 0.1) is 0 Å². The lowest BCUT2D eigenvalue weighted by Gasteiger charge is -2.42. The number of aromatic nitrogens is 1. The molecule has 4 heterocycles. The summed E-state index contributed by atoms with van der Waals surface area (Å²) in [6.45, 7) is 4.00. The van der Waals surface area contributed by atoms with Crippen LogP contribution in [-0.2, 0) is 13.1 Å². The third-order valence-corrected chi connectivity index (χ3v) is 7.56. The molecule has 6 rings (SSSR count). The van der Waals surface area contributed by atoms with E-state index in [-0.39, 0.29) is 5.56 Å². The van der Waals surface area contributed by atoms with E-state index in [1.807, 2.05) is 11.3 Å². The molecule has 1 fully saturated rings. The number of hydrogen-bond donors (Lipinski definition) is 0. The Labute approximate surface area is 180 Å². The van der Waals surface area contributed by atoms with Crippen LogP contribution in [0.5, 0.6) is 0 Å². The molecule has 150 valence electrons. The molecule has 4 heteroatoms. The van der Waals surface area contributed by atoms with Crippen LogP contribution in [0.1, 0.15) is 22.9 Å². The first-order valence-corrected chi connectivity index (χ1v) is 11.6. The zero-order valence-corrected chi connectivity index (χ0v) is 17.6. The average molecular weight is 413 g/mol. The molecule has 2 aliphatic rings. The topological polar surface area (TPSA) is 25.2 Å². The maximum Gasteiger partial charge on any atom is 0.258 e. The van der Waals surface area contributed by atoms with Crippen molar-refractivity contribution in [1.82, 2.24) is 9.47 Å². The first-order valence-electron chi connectivity index (χ1n) is 10.7. The molecule has 0 radical (unpaired) electrons. The highest BCUT2D eigenvalue weighted by molar-refractivity contribution is 7.09. The van der Waals surface area contributed by atoms with Crippen LogP contribution in [0.15, 0.2) is 76.9 Å². The van der Waals surface area contributed by atoms with Crippen LogP contribution < -0.4 is 5.56 Å². The second-order valence-corrected chi connectivity index (χ2v) is 9.75. The molecule has 2 atom stereocenters. The maximum atomic E-state index is 13.5. The summed E-state index contributed by atoms with van der Waals surface area (Å²) in [5.41, 5.74) is 3.23. The van der Waals surface area contributed by atoms with E-state index < -0.39 is 0 Å². The van der Waals surface area contributed by atoms with E-state index in [4.69, 9.17) is 0 Å². The Morgan fingerprint density at radius 1 is 0.900 bits per heavy atom.